The predicted molar refractivity (Wildman–Crippen MR) is 203 cm³/mol. The van der Waals surface area contributed by atoms with Gasteiger partial charge in [0.15, 0.2) is 17.5 Å². The van der Waals surface area contributed by atoms with Gasteiger partial charge < -0.3 is 19.2 Å². The summed E-state index contributed by atoms with van der Waals surface area (Å²) < 4.78 is 260. The first-order valence-electron chi connectivity index (χ1n) is 19.0. The largest absolute Gasteiger partial charge is 0.822 e. The second-order valence-electron chi connectivity index (χ2n) is 15.6. The van der Waals surface area contributed by atoms with E-state index in [-0.39, 0.29) is 52.2 Å². The van der Waals surface area contributed by atoms with Crippen molar-refractivity contribution in [3.05, 3.63) is 36.1 Å². The van der Waals surface area contributed by atoms with Gasteiger partial charge in [0, 0.05) is 15.7 Å². The molecule has 0 aromatic carbocycles. The van der Waals surface area contributed by atoms with Crippen LogP contribution in [0.1, 0.15) is 0 Å². The summed E-state index contributed by atoms with van der Waals surface area (Å²) in [4.78, 5) is 53.2. The first-order chi connectivity index (χ1) is 33.4. The van der Waals surface area contributed by atoms with Crippen LogP contribution in [-0.4, -0.2) is 231 Å². The standard InChI is InChI=1S/3C10H13F6N6O.H3O4P/c3*1-18(2)8(19(3)4)23-20-7-10(14,21(15)22(20)16)9(12,13)6(11)5-17-7;1-5(2,3)4/h3*5H,1-4H3;(H3,1,2,3,4)/q3*+1;/p-3. The average molecular weight is 1140 g/mol. The lowest BCUT2D eigenvalue weighted by Gasteiger charge is -2.36. The number of hydrazine groups is 6. The van der Waals surface area contributed by atoms with Crippen molar-refractivity contribution in [3.8, 4) is 0 Å². The molecule has 6 heterocycles. The van der Waals surface area contributed by atoms with Crippen molar-refractivity contribution in [2.75, 3.05) is 84.6 Å². The van der Waals surface area contributed by atoms with Crippen molar-refractivity contribution in [3.63, 3.8) is 0 Å². The molecule has 25 nitrogen and oxygen atoms in total. The maximum absolute atomic E-state index is 14.5. The fourth-order valence-electron chi connectivity index (χ4n) is 5.82. The van der Waals surface area contributed by atoms with Crippen LogP contribution in [0.15, 0.2) is 51.1 Å². The molecule has 3 fully saturated rings. The summed E-state index contributed by atoms with van der Waals surface area (Å²) in [6, 6.07) is -0.524. The average Bonchev–Trinajstić information content (AvgIpc) is 3.67. The molecule has 3 unspecified atom stereocenters. The number of hydrogen-bond donors (Lipinski definition) is 0. The minimum Gasteiger partial charge on any atom is -0.822 e. The summed E-state index contributed by atoms with van der Waals surface area (Å²) in [6.07, 6.45) is -0.120. The topological polar surface area (TPSA) is 199 Å². The van der Waals surface area contributed by atoms with Crippen LogP contribution >= 0.6 is 7.82 Å². The van der Waals surface area contributed by atoms with Gasteiger partial charge in [0.1, 0.15) is 0 Å². The van der Waals surface area contributed by atoms with E-state index in [0.717, 1.165) is 0 Å². The summed E-state index contributed by atoms with van der Waals surface area (Å²) in [5, 5.41) is -9.42. The van der Waals surface area contributed by atoms with E-state index in [1.54, 1.807) is 0 Å². The molecule has 0 aromatic heterocycles. The molecule has 0 aromatic rings. The van der Waals surface area contributed by atoms with Gasteiger partial charge in [0.25, 0.3) is 0 Å². The van der Waals surface area contributed by atoms with E-state index in [2.05, 4.69) is 15.0 Å². The van der Waals surface area contributed by atoms with Crippen molar-refractivity contribution in [2.45, 2.75) is 35.1 Å². The number of alkyl halides is 9. The predicted octanol–water partition coefficient (Wildman–Crippen LogP) is 0.627. The Morgan fingerprint density at radius 3 is 0.797 bits per heavy atom. The molecule has 74 heavy (non-hydrogen) atoms. The minimum atomic E-state index is -5.39. The quantitative estimate of drug-likeness (QED) is 0.0725. The summed E-state index contributed by atoms with van der Waals surface area (Å²) in [5.41, 5.74) is 0. The first kappa shape index (κ1) is 62.3. The number of rotatable bonds is 3. The van der Waals surface area contributed by atoms with Crippen LogP contribution in [0.4, 0.5) is 79.6 Å². The van der Waals surface area contributed by atoms with Gasteiger partial charge in [-0.3, -0.25) is 14.5 Å². The molecular weight excluding hydrogens is 1100 g/mol. The van der Waals surface area contributed by atoms with Crippen LogP contribution in [0.5, 0.6) is 0 Å². The number of hydroxylamine groups is 3. The highest BCUT2D eigenvalue weighted by Crippen LogP contribution is 2.53. The third-order valence-electron chi connectivity index (χ3n) is 8.93. The minimum absolute atomic E-state index is 0.0402. The van der Waals surface area contributed by atoms with E-state index in [4.69, 9.17) is 33.8 Å². The molecule has 3 atom stereocenters. The fraction of sp³-hybridized carbons (Fsp3) is 0.600. The monoisotopic (exact) mass is 1140 g/mol. The van der Waals surface area contributed by atoms with Crippen molar-refractivity contribution < 1.29 is 127 Å². The van der Waals surface area contributed by atoms with Gasteiger partial charge in [-0.2, -0.15) is 34.2 Å². The van der Waals surface area contributed by atoms with Crippen LogP contribution in [0.2, 0.25) is 0 Å². The Labute approximate surface area is 403 Å². The van der Waals surface area contributed by atoms with Crippen LogP contribution in [0.25, 0.3) is 0 Å². The molecule has 6 rings (SSSR count). The lowest BCUT2D eigenvalue weighted by molar-refractivity contribution is -0.497. The molecule has 0 radical (unpaired) electrons. The normalized spacial score (nSPS) is 26.3. The maximum Gasteiger partial charge on any atom is 0.471 e. The van der Waals surface area contributed by atoms with E-state index in [0.29, 0.717) is 0 Å². The Bertz CT molecular complexity index is 2230. The summed E-state index contributed by atoms with van der Waals surface area (Å²) in [6.45, 7) is 0. The van der Waals surface area contributed by atoms with Crippen molar-refractivity contribution >= 4 is 43.4 Å². The fourth-order valence-corrected chi connectivity index (χ4v) is 5.82. The van der Waals surface area contributed by atoms with Gasteiger partial charge in [-0.05, 0) is 0 Å². The Kier molecular flexibility index (Phi) is 18.0. The van der Waals surface area contributed by atoms with Crippen LogP contribution < -0.4 is 14.7 Å². The smallest absolute Gasteiger partial charge is 0.471 e. The van der Waals surface area contributed by atoms with Gasteiger partial charge >= 0.3 is 53.2 Å². The van der Waals surface area contributed by atoms with Crippen molar-refractivity contribution in [2.24, 2.45) is 15.0 Å². The molecule has 0 spiro atoms. The van der Waals surface area contributed by atoms with E-state index in [1.165, 1.54) is 113 Å². The van der Waals surface area contributed by atoms with E-state index in [1.807, 2.05) is 0 Å². The highest BCUT2D eigenvalue weighted by Gasteiger charge is 2.79. The number of phosphoric acid groups is 1. The molecule has 0 saturated carbocycles. The molecule has 44 heteroatoms. The molecule has 0 amide bonds. The lowest BCUT2D eigenvalue weighted by atomic mass is 10.0. The van der Waals surface area contributed by atoms with Crippen LogP contribution in [-0.2, 0) is 19.1 Å². The SMILES string of the molecule is CN(C)C(ON1C2=NC=C(F)C(F)(F)C2(F)N(F)N1F)=[N+](C)C.CN(C)C(ON1C2=NC=C(F)C(F)(F)C2(F)N(F)N1F)=[N+](C)C.CN(C)C(ON1C2=NC=C(F)C(F)(F)C2(F)N(F)N1F)=[N+](C)C.O=P([O-])([O-])[O-]. The highest BCUT2D eigenvalue weighted by molar-refractivity contribution is 7.40. The van der Waals surface area contributed by atoms with Gasteiger partial charge in [0.05, 0.1) is 119 Å². The Hall–Kier alpha value is -5.95. The third-order valence-corrected chi connectivity index (χ3v) is 8.93. The molecular formula is C30H39F18N18O7P. The zero-order chi connectivity index (χ0) is 57.7. The number of fused-ring (bicyclic) bond motifs is 3. The van der Waals surface area contributed by atoms with E-state index < -0.39 is 110 Å². The summed E-state index contributed by atoms with van der Waals surface area (Å²) in [7, 11) is 12.0. The summed E-state index contributed by atoms with van der Waals surface area (Å²) >= 11 is 0. The highest BCUT2D eigenvalue weighted by atomic mass is 31.2. The third kappa shape index (κ3) is 10.6. The molecule has 0 N–H and O–H groups in total. The van der Waals surface area contributed by atoms with Crippen molar-refractivity contribution in [1.29, 1.82) is 0 Å². The lowest BCUT2D eigenvalue weighted by Crippen LogP contribution is -2.58. The Morgan fingerprint density at radius 2 is 0.649 bits per heavy atom. The molecule has 6 aliphatic rings. The molecule has 6 aliphatic heterocycles. The molecule has 0 aliphatic carbocycles. The Balaban J connectivity index is 0.000000279. The van der Waals surface area contributed by atoms with Gasteiger partial charge in [0.2, 0.25) is 17.5 Å². The number of amidine groups is 6. The van der Waals surface area contributed by atoms with Gasteiger partial charge in [-0.15, -0.1) is 13.4 Å². The van der Waals surface area contributed by atoms with Crippen LogP contribution in [0, 0.1) is 0 Å². The van der Waals surface area contributed by atoms with Crippen LogP contribution in [0.3, 0.4) is 0 Å². The zero-order valence-electron chi connectivity index (χ0n) is 39.4. The summed E-state index contributed by atoms with van der Waals surface area (Å²) in [5.74, 6) is -40.3. The number of halogens is 18. The zero-order valence-corrected chi connectivity index (χ0v) is 40.3. The molecule has 0 bridgehead atoms. The maximum atomic E-state index is 14.5. The van der Waals surface area contributed by atoms with E-state index >= 15 is 0 Å². The van der Waals surface area contributed by atoms with E-state index in [9.17, 15) is 79.6 Å². The van der Waals surface area contributed by atoms with Gasteiger partial charge in [-0.25, -0.2) is 69.7 Å². The second-order valence-corrected chi connectivity index (χ2v) is 16.5. The molecule has 3 saturated heterocycles. The number of hydrogen-bond acceptors (Lipinski definition) is 19. The van der Waals surface area contributed by atoms with Gasteiger partial charge in [-0.1, -0.05) is 29.0 Å². The van der Waals surface area contributed by atoms with Crippen molar-refractivity contribution in [1.82, 2.24) is 61.9 Å². The first-order valence-corrected chi connectivity index (χ1v) is 20.4. The second kappa shape index (κ2) is 21.4. The molecule has 422 valence electrons. The number of nitrogens with zero attached hydrogens (tertiary/aromatic N) is 18. The number of aliphatic imine (C=N–C) groups is 3. The Morgan fingerprint density at radius 1 is 0.473 bits per heavy atom.